The summed E-state index contributed by atoms with van der Waals surface area (Å²) in [6.07, 6.45) is -0.652. The highest BCUT2D eigenvalue weighted by molar-refractivity contribution is 5.60. The monoisotopic (exact) mass is 216 g/mol. The van der Waals surface area contributed by atoms with Crippen molar-refractivity contribution in [1.29, 1.82) is 0 Å². The highest BCUT2D eigenvalue weighted by Gasteiger charge is 2.27. The van der Waals surface area contributed by atoms with Crippen molar-refractivity contribution in [3.05, 3.63) is 0 Å². The van der Waals surface area contributed by atoms with E-state index in [1.165, 1.54) is 0 Å². The number of hydrogen-bond acceptors (Lipinski definition) is 3. The van der Waals surface area contributed by atoms with Gasteiger partial charge in [0.2, 0.25) is 0 Å². The van der Waals surface area contributed by atoms with Gasteiger partial charge in [-0.05, 0) is 25.7 Å². The number of carbonyl (C=O) groups excluding carboxylic acids is 1. The molecule has 0 aliphatic heterocycles. The first-order valence-corrected chi connectivity index (χ1v) is 5.73. The predicted molar refractivity (Wildman–Crippen MR) is 60.7 cm³/mol. The topological polar surface area (TPSA) is 35.5 Å². The van der Waals surface area contributed by atoms with Crippen molar-refractivity contribution in [1.82, 2.24) is 0 Å². The minimum Gasteiger partial charge on any atom is -0.435 e. The largest absolute Gasteiger partial charge is 0.508 e. The minimum atomic E-state index is -0.559. The van der Waals surface area contributed by atoms with E-state index in [-0.39, 0.29) is 6.10 Å². The molecule has 0 saturated carbocycles. The average Bonchev–Trinajstić information content (AvgIpc) is 2.01. The third-order valence-electron chi connectivity index (χ3n) is 2.63. The van der Waals surface area contributed by atoms with Crippen LogP contribution in [0.2, 0.25) is 0 Å². The van der Waals surface area contributed by atoms with Crippen LogP contribution in [0.4, 0.5) is 4.79 Å². The standard InChI is InChI=1S/C12H24O3/c1-7-14-12(13)15-10(6)11(8(2)3)9(4)5/h8-11H,7H2,1-6H3. The molecule has 3 heteroatoms. The molecule has 0 aromatic carbocycles. The molecule has 1 unspecified atom stereocenters. The van der Waals surface area contributed by atoms with Gasteiger partial charge in [0.15, 0.2) is 0 Å². The van der Waals surface area contributed by atoms with Crippen LogP contribution in [0.5, 0.6) is 0 Å². The van der Waals surface area contributed by atoms with Crippen LogP contribution in [-0.4, -0.2) is 18.9 Å². The van der Waals surface area contributed by atoms with Crippen LogP contribution in [0.25, 0.3) is 0 Å². The predicted octanol–water partition coefficient (Wildman–Crippen LogP) is 3.48. The molecular formula is C12H24O3. The molecular weight excluding hydrogens is 192 g/mol. The zero-order chi connectivity index (χ0) is 12.0. The van der Waals surface area contributed by atoms with E-state index in [0.717, 1.165) is 0 Å². The van der Waals surface area contributed by atoms with Gasteiger partial charge in [-0.1, -0.05) is 27.7 Å². The van der Waals surface area contributed by atoms with Crippen LogP contribution in [0.1, 0.15) is 41.5 Å². The van der Waals surface area contributed by atoms with Crippen LogP contribution in [-0.2, 0) is 9.47 Å². The number of ether oxygens (including phenoxy) is 2. The third-order valence-corrected chi connectivity index (χ3v) is 2.63. The lowest BCUT2D eigenvalue weighted by molar-refractivity contribution is -0.00773. The summed E-state index contributed by atoms with van der Waals surface area (Å²) in [6.45, 7) is 12.7. The van der Waals surface area contributed by atoms with Gasteiger partial charge in [0.05, 0.1) is 6.61 Å². The van der Waals surface area contributed by atoms with Crippen LogP contribution < -0.4 is 0 Å². The number of hydrogen-bond donors (Lipinski definition) is 0. The Morgan fingerprint density at radius 2 is 1.53 bits per heavy atom. The molecule has 1 atom stereocenters. The molecule has 0 radical (unpaired) electrons. The van der Waals surface area contributed by atoms with E-state index in [9.17, 15) is 4.79 Å². The van der Waals surface area contributed by atoms with Crippen molar-refractivity contribution in [2.45, 2.75) is 47.6 Å². The van der Waals surface area contributed by atoms with E-state index < -0.39 is 6.16 Å². The highest BCUT2D eigenvalue weighted by Crippen LogP contribution is 2.26. The summed E-state index contributed by atoms with van der Waals surface area (Å²) < 4.78 is 9.98. The molecule has 0 bridgehead atoms. The molecule has 90 valence electrons. The Morgan fingerprint density at radius 1 is 1.07 bits per heavy atom. The zero-order valence-corrected chi connectivity index (χ0v) is 10.7. The first-order chi connectivity index (χ1) is 6.90. The molecule has 0 amide bonds. The van der Waals surface area contributed by atoms with E-state index in [2.05, 4.69) is 27.7 Å². The normalized spacial score (nSPS) is 13.4. The molecule has 0 aromatic heterocycles. The number of rotatable bonds is 5. The Balaban J connectivity index is 4.26. The van der Waals surface area contributed by atoms with E-state index in [1.807, 2.05) is 6.92 Å². The maximum atomic E-state index is 11.2. The summed E-state index contributed by atoms with van der Waals surface area (Å²) in [5.74, 6) is 1.36. The lowest BCUT2D eigenvalue weighted by atomic mass is 9.82. The number of carbonyl (C=O) groups is 1. The van der Waals surface area contributed by atoms with Gasteiger partial charge in [0.1, 0.15) is 6.10 Å². The first-order valence-electron chi connectivity index (χ1n) is 5.73. The first kappa shape index (κ1) is 14.3. The van der Waals surface area contributed by atoms with Gasteiger partial charge in [0.25, 0.3) is 0 Å². The second-order valence-electron chi connectivity index (χ2n) is 4.57. The molecule has 0 rings (SSSR count). The Morgan fingerprint density at radius 3 is 1.87 bits per heavy atom. The molecule has 0 heterocycles. The molecule has 0 fully saturated rings. The van der Waals surface area contributed by atoms with E-state index in [1.54, 1.807) is 6.92 Å². The Hall–Kier alpha value is -0.730. The third kappa shape index (κ3) is 5.05. The Kier molecular flexibility index (Phi) is 6.37. The van der Waals surface area contributed by atoms with Crippen LogP contribution in [0, 0.1) is 17.8 Å². The van der Waals surface area contributed by atoms with Gasteiger partial charge in [-0.15, -0.1) is 0 Å². The lowest BCUT2D eigenvalue weighted by Gasteiger charge is -2.30. The van der Waals surface area contributed by atoms with Crippen LogP contribution in [0.15, 0.2) is 0 Å². The summed E-state index contributed by atoms with van der Waals surface area (Å²) in [5.41, 5.74) is 0. The van der Waals surface area contributed by atoms with Crippen LogP contribution in [0.3, 0.4) is 0 Å². The molecule has 0 N–H and O–H groups in total. The SMILES string of the molecule is CCOC(=O)OC(C)C(C(C)C)C(C)C. The Labute approximate surface area is 93.1 Å². The molecule has 15 heavy (non-hydrogen) atoms. The van der Waals surface area contributed by atoms with Gasteiger partial charge in [0, 0.05) is 5.92 Å². The van der Waals surface area contributed by atoms with Gasteiger partial charge in [-0.25, -0.2) is 4.79 Å². The maximum Gasteiger partial charge on any atom is 0.508 e. The van der Waals surface area contributed by atoms with E-state index in [0.29, 0.717) is 24.4 Å². The van der Waals surface area contributed by atoms with Crippen molar-refractivity contribution in [3.63, 3.8) is 0 Å². The zero-order valence-electron chi connectivity index (χ0n) is 10.7. The maximum absolute atomic E-state index is 11.2. The van der Waals surface area contributed by atoms with Crippen molar-refractivity contribution < 1.29 is 14.3 Å². The lowest BCUT2D eigenvalue weighted by Crippen LogP contribution is -2.31. The second kappa shape index (κ2) is 6.70. The van der Waals surface area contributed by atoms with E-state index in [4.69, 9.17) is 9.47 Å². The molecule has 0 saturated heterocycles. The molecule has 0 spiro atoms. The van der Waals surface area contributed by atoms with Gasteiger partial charge in [-0.2, -0.15) is 0 Å². The van der Waals surface area contributed by atoms with Crippen molar-refractivity contribution >= 4 is 6.16 Å². The summed E-state index contributed by atoms with van der Waals surface area (Å²) in [6, 6.07) is 0. The second-order valence-corrected chi connectivity index (χ2v) is 4.57. The van der Waals surface area contributed by atoms with E-state index >= 15 is 0 Å². The highest BCUT2D eigenvalue weighted by atomic mass is 16.7. The molecule has 0 aromatic rings. The molecule has 3 nitrogen and oxygen atoms in total. The van der Waals surface area contributed by atoms with Crippen molar-refractivity contribution in [2.75, 3.05) is 6.61 Å². The fourth-order valence-corrected chi connectivity index (χ4v) is 2.24. The Bertz CT molecular complexity index is 179. The average molecular weight is 216 g/mol. The van der Waals surface area contributed by atoms with Gasteiger partial charge < -0.3 is 9.47 Å². The molecule has 0 aliphatic rings. The molecule has 0 aliphatic carbocycles. The van der Waals surface area contributed by atoms with Crippen LogP contribution >= 0.6 is 0 Å². The minimum absolute atomic E-state index is 0.0935. The summed E-state index contributed by atoms with van der Waals surface area (Å²) >= 11 is 0. The summed E-state index contributed by atoms with van der Waals surface area (Å²) in [4.78, 5) is 11.2. The summed E-state index contributed by atoms with van der Waals surface area (Å²) in [7, 11) is 0. The van der Waals surface area contributed by atoms with Gasteiger partial charge in [-0.3, -0.25) is 0 Å². The fourth-order valence-electron chi connectivity index (χ4n) is 2.24. The van der Waals surface area contributed by atoms with Crippen molar-refractivity contribution in [3.8, 4) is 0 Å². The summed E-state index contributed by atoms with van der Waals surface area (Å²) in [5, 5.41) is 0. The smallest absolute Gasteiger partial charge is 0.435 e. The van der Waals surface area contributed by atoms with Crippen molar-refractivity contribution in [2.24, 2.45) is 17.8 Å². The fraction of sp³-hybridized carbons (Fsp3) is 0.917. The van der Waals surface area contributed by atoms with Gasteiger partial charge >= 0.3 is 6.16 Å². The quantitative estimate of drug-likeness (QED) is 0.660.